The SMILES string of the molecule is CCCCN1C(=O)C(Nc2cc(OC)c(OC)c(OC)c2)=C(c2ccccc2)C1=O. The lowest BCUT2D eigenvalue weighted by atomic mass is 10.0. The van der Waals surface area contributed by atoms with Gasteiger partial charge in [-0.3, -0.25) is 14.5 Å². The Labute approximate surface area is 176 Å². The van der Waals surface area contributed by atoms with Crippen LogP contribution in [0.1, 0.15) is 25.3 Å². The molecule has 7 heteroatoms. The summed E-state index contributed by atoms with van der Waals surface area (Å²) in [7, 11) is 4.56. The molecule has 1 heterocycles. The van der Waals surface area contributed by atoms with E-state index in [-0.39, 0.29) is 17.5 Å². The van der Waals surface area contributed by atoms with Crippen LogP contribution >= 0.6 is 0 Å². The zero-order valence-electron chi connectivity index (χ0n) is 17.7. The highest BCUT2D eigenvalue weighted by molar-refractivity contribution is 6.36. The van der Waals surface area contributed by atoms with Crippen LogP contribution < -0.4 is 19.5 Å². The van der Waals surface area contributed by atoms with Crippen LogP contribution in [0.15, 0.2) is 48.2 Å². The Bertz CT molecular complexity index is 944. The third-order valence-electron chi connectivity index (χ3n) is 4.90. The average Bonchev–Trinajstić information content (AvgIpc) is 3.01. The van der Waals surface area contributed by atoms with E-state index in [9.17, 15) is 9.59 Å². The number of hydrogen-bond donors (Lipinski definition) is 1. The van der Waals surface area contributed by atoms with Crippen LogP contribution in [0.25, 0.3) is 5.57 Å². The number of methoxy groups -OCH3 is 3. The standard InChI is InChI=1S/C23H26N2O5/c1-5-6-12-25-22(26)19(15-10-8-7-9-11-15)20(23(25)27)24-16-13-17(28-2)21(30-4)18(14-16)29-3/h7-11,13-14,24H,5-6,12H2,1-4H3. The fraction of sp³-hybridized carbons (Fsp3) is 0.304. The number of carbonyl (C=O) groups is 2. The van der Waals surface area contributed by atoms with Gasteiger partial charge >= 0.3 is 0 Å². The van der Waals surface area contributed by atoms with Gasteiger partial charge in [0.25, 0.3) is 11.8 Å². The summed E-state index contributed by atoms with van der Waals surface area (Å²) in [4.78, 5) is 27.5. The molecule has 0 radical (unpaired) electrons. The fourth-order valence-electron chi connectivity index (χ4n) is 3.38. The first-order chi connectivity index (χ1) is 14.5. The summed E-state index contributed by atoms with van der Waals surface area (Å²) in [6.45, 7) is 2.40. The first-order valence-electron chi connectivity index (χ1n) is 9.78. The van der Waals surface area contributed by atoms with E-state index >= 15 is 0 Å². The van der Waals surface area contributed by atoms with E-state index in [1.807, 2.05) is 37.3 Å². The van der Waals surface area contributed by atoms with Crippen molar-refractivity contribution in [1.29, 1.82) is 0 Å². The minimum Gasteiger partial charge on any atom is -0.493 e. The quantitative estimate of drug-likeness (QED) is 0.635. The molecule has 0 aliphatic carbocycles. The minimum absolute atomic E-state index is 0.233. The lowest BCUT2D eigenvalue weighted by Gasteiger charge is -2.16. The number of unbranched alkanes of at least 4 members (excludes halogenated alkanes) is 1. The van der Waals surface area contributed by atoms with Crippen LogP contribution in [-0.4, -0.2) is 44.6 Å². The number of carbonyl (C=O) groups excluding carboxylic acids is 2. The van der Waals surface area contributed by atoms with E-state index in [1.54, 1.807) is 12.1 Å². The highest BCUT2D eigenvalue weighted by Crippen LogP contribution is 2.41. The Balaban J connectivity index is 2.07. The summed E-state index contributed by atoms with van der Waals surface area (Å²) >= 11 is 0. The Kier molecular flexibility index (Phi) is 6.61. The molecule has 0 atom stereocenters. The largest absolute Gasteiger partial charge is 0.493 e. The predicted molar refractivity (Wildman–Crippen MR) is 115 cm³/mol. The molecule has 30 heavy (non-hydrogen) atoms. The lowest BCUT2D eigenvalue weighted by molar-refractivity contribution is -0.136. The Morgan fingerprint density at radius 2 is 1.53 bits per heavy atom. The topological polar surface area (TPSA) is 77.1 Å². The highest BCUT2D eigenvalue weighted by atomic mass is 16.5. The molecule has 2 amide bonds. The van der Waals surface area contributed by atoms with Crippen LogP contribution in [-0.2, 0) is 9.59 Å². The molecule has 2 aromatic carbocycles. The molecule has 0 fully saturated rings. The van der Waals surface area contributed by atoms with Gasteiger partial charge in [0.15, 0.2) is 11.5 Å². The predicted octanol–water partition coefficient (Wildman–Crippen LogP) is 3.70. The molecule has 0 bridgehead atoms. The van der Waals surface area contributed by atoms with Gasteiger partial charge in [0.05, 0.1) is 26.9 Å². The van der Waals surface area contributed by atoms with Crippen molar-refractivity contribution in [1.82, 2.24) is 4.90 Å². The van der Waals surface area contributed by atoms with Gasteiger partial charge in [0.2, 0.25) is 5.75 Å². The van der Waals surface area contributed by atoms with Crippen molar-refractivity contribution in [3.8, 4) is 17.2 Å². The number of ether oxygens (including phenoxy) is 3. The van der Waals surface area contributed by atoms with E-state index in [0.29, 0.717) is 40.6 Å². The summed E-state index contributed by atoms with van der Waals surface area (Å²) < 4.78 is 16.1. The van der Waals surface area contributed by atoms with Crippen molar-refractivity contribution < 1.29 is 23.8 Å². The number of anilines is 1. The maximum Gasteiger partial charge on any atom is 0.278 e. The number of imide groups is 1. The van der Waals surface area contributed by atoms with Crippen LogP contribution in [0.2, 0.25) is 0 Å². The van der Waals surface area contributed by atoms with Gasteiger partial charge in [0.1, 0.15) is 5.70 Å². The van der Waals surface area contributed by atoms with Crippen molar-refractivity contribution in [2.75, 3.05) is 33.2 Å². The number of hydrogen-bond acceptors (Lipinski definition) is 6. The summed E-state index contributed by atoms with van der Waals surface area (Å²) in [5, 5.41) is 3.13. The second-order valence-corrected chi connectivity index (χ2v) is 6.77. The van der Waals surface area contributed by atoms with Crippen LogP contribution in [0.4, 0.5) is 5.69 Å². The Morgan fingerprint density at radius 1 is 0.900 bits per heavy atom. The van der Waals surface area contributed by atoms with Crippen molar-refractivity contribution in [2.24, 2.45) is 0 Å². The number of amides is 2. The summed E-state index contributed by atoms with van der Waals surface area (Å²) in [6, 6.07) is 12.6. The number of nitrogens with one attached hydrogen (secondary N) is 1. The summed E-state index contributed by atoms with van der Waals surface area (Å²) in [6.07, 6.45) is 1.63. The highest BCUT2D eigenvalue weighted by Gasteiger charge is 2.38. The maximum atomic E-state index is 13.1. The number of nitrogens with zero attached hydrogens (tertiary/aromatic N) is 1. The van der Waals surface area contributed by atoms with Crippen molar-refractivity contribution in [3.05, 3.63) is 53.7 Å². The van der Waals surface area contributed by atoms with Gasteiger partial charge in [-0.25, -0.2) is 0 Å². The minimum atomic E-state index is -0.346. The third kappa shape index (κ3) is 3.96. The summed E-state index contributed by atoms with van der Waals surface area (Å²) in [5.74, 6) is 0.693. The normalized spacial score (nSPS) is 13.7. The van der Waals surface area contributed by atoms with E-state index < -0.39 is 0 Å². The average molecular weight is 410 g/mol. The second-order valence-electron chi connectivity index (χ2n) is 6.77. The molecule has 3 rings (SSSR count). The molecule has 2 aromatic rings. The maximum absolute atomic E-state index is 13.1. The van der Waals surface area contributed by atoms with Gasteiger partial charge in [-0.05, 0) is 12.0 Å². The molecule has 0 aromatic heterocycles. The van der Waals surface area contributed by atoms with E-state index in [2.05, 4.69) is 5.32 Å². The molecule has 0 spiro atoms. The van der Waals surface area contributed by atoms with Gasteiger partial charge in [-0.15, -0.1) is 0 Å². The zero-order chi connectivity index (χ0) is 21.7. The molecular weight excluding hydrogens is 384 g/mol. The molecule has 0 unspecified atom stereocenters. The van der Waals surface area contributed by atoms with Gasteiger partial charge in [-0.2, -0.15) is 0 Å². The zero-order valence-corrected chi connectivity index (χ0v) is 17.7. The third-order valence-corrected chi connectivity index (χ3v) is 4.90. The van der Waals surface area contributed by atoms with Crippen LogP contribution in [0, 0.1) is 0 Å². The number of rotatable bonds is 9. The first kappa shape index (κ1) is 21.2. The smallest absolute Gasteiger partial charge is 0.278 e. The molecule has 0 saturated carbocycles. The van der Waals surface area contributed by atoms with Crippen LogP contribution in [0.3, 0.4) is 0 Å². The van der Waals surface area contributed by atoms with Crippen molar-refractivity contribution in [3.63, 3.8) is 0 Å². The van der Waals surface area contributed by atoms with E-state index in [4.69, 9.17) is 14.2 Å². The fourth-order valence-corrected chi connectivity index (χ4v) is 3.38. The number of benzene rings is 2. The second kappa shape index (κ2) is 9.35. The molecule has 7 nitrogen and oxygen atoms in total. The van der Waals surface area contributed by atoms with Crippen molar-refractivity contribution >= 4 is 23.1 Å². The molecule has 1 N–H and O–H groups in total. The Morgan fingerprint density at radius 3 is 2.07 bits per heavy atom. The van der Waals surface area contributed by atoms with Crippen LogP contribution in [0.5, 0.6) is 17.2 Å². The first-order valence-corrected chi connectivity index (χ1v) is 9.78. The van der Waals surface area contributed by atoms with E-state index in [1.165, 1.54) is 26.2 Å². The van der Waals surface area contributed by atoms with Crippen molar-refractivity contribution in [2.45, 2.75) is 19.8 Å². The summed E-state index contributed by atoms with van der Waals surface area (Å²) in [5.41, 5.74) is 1.82. The van der Waals surface area contributed by atoms with Gasteiger partial charge < -0.3 is 19.5 Å². The van der Waals surface area contributed by atoms with Gasteiger partial charge in [-0.1, -0.05) is 43.7 Å². The van der Waals surface area contributed by atoms with Gasteiger partial charge in [0, 0.05) is 24.4 Å². The monoisotopic (exact) mass is 410 g/mol. The molecule has 158 valence electrons. The molecule has 1 aliphatic heterocycles. The lowest BCUT2D eigenvalue weighted by Crippen LogP contribution is -2.33. The molecule has 1 aliphatic rings. The molecule has 0 saturated heterocycles. The van der Waals surface area contributed by atoms with E-state index in [0.717, 1.165) is 12.8 Å². The molecular formula is C23H26N2O5. The Hall–Kier alpha value is -3.48.